The molecule has 2 amide bonds. The molecule has 0 spiro atoms. The lowest BCUT2D eigenvalue weighted by molar-refractivity contribution is -0.134. The highest BCUT2D eigenvalue weighted by atomic mass is 32.2. The number of anilines is 1. The van der Waals surface area contributed by atoms with Gasteiger partial charge in [0.25, 0.3) is 0 Å². The van der Waals surface area contributed by atoms with Gasteiger partial charge in [0.05, 0.1) is 17.6 Å². The summed E-state index contributed by atoms with van der Waals surface area (Å²) in [4.78, 5) is 30.6. The van der Waals surface area contributed by atoms with Gasteiger partial charge < -0.3 is 10.2 Å². The number of carbonyl (C=O) groups is 2. The normalized spacial score (nSPS) is 18.2. The number of fused-ring (bicyclic) bond motifs is 1. The van der Waals surface area contributed by atoms with Gasteiger partial charge in [-0.2, -0.15) is 5.10 Å². The maximum atomic E-state index is 12.9. The van der Waals surface area contributed by atoms with E-state index in [1.54, 1.807) is 17.1 Å². The Labute approximate surface area is 210 Å². The van der Waals surface area contributed by atoms with Crippen molar-refractivity contribution in [3.05, 3.63) is 78.1 Å². The molecule has 0 bridgehead atoms. The molecule has 1 unspecified atom stereocenters. The van der Waals surface area contributed by atoms with Crippen LogP contribution >= 0.6 is 11.8 Å². The number of piperazine rings is 1. The Morgan fingerprint density at radius 2 is 1.71 bits per heavy atom. The molecular weight excluding hydrogens is 458 g/mol. The van der Waals surface area contributed by atoms with Crippen LogP contribution in [0.15, 0.2) is 71.9 Å². The summed E-state index contributed by atoms with van der Waals surface area (Å²) < 4.78 is 1.60. The van der Waals surface area contributed by atoms with Crippen LogP contribution in [-0.2, 0) is 29.0 Å². The highest BCUT2D eigenvalue weighted by Crippen LogP contribution is 2.25. The number of hydrogen-bond acceptors (Lipinski definition) is 5. The van der Waals surface area contributed by atoms with E-state index < -0.39 is 0 Å². The van der Waals surface area contributed by atoms with Crippen molar-refractivity contribution in [2.75, 3.05) is 37.2 Å². The molecule has 35 heavy (non-hydrogen) atoms. The zero-order chi connectivity index (χ0) is 24.0. The first-order chi connectivity index (χ1) is 17.1. The van der Waals surface area contributed by atoms with Crippen LogP contribution in [0.5, 0.6) is 0 Å². The largest absolute Gasteiger partial charge is 0.339 e. The average molecular weight is 490 g/mol. The molecule has 5 rings (SSSR count). The number of hydrogen-bond donors (Lipinski definition) is 1. The zero-order valence-electron chi connectivity index (χ0n) is 19.8. The number of thioether (sulfide) groups is 1. The van der Waals surface area contributed by atoms with Crippen molar-refractivity contribution >= 4 is 29.3 Å². The molecular formula is C27H31N5O2S. The molecule has 2 aromatic carbocycles. The second kappa shape index (κ2) is 11.1. The first-order valence-corrected chi connectivity index (χ1v) is 13.2. The van der Waals surface area contributed by atoms with Gasteiger partial charge in [-0.1, -0.05) is 42.5 Å². The highest BCUT2D eigenvalue weighted by Gasteiger charge is 2.28. The van der Waals surface area contributed by atoms with E-state index in [9.17, 15) is 9.59 Å². The van der Waals surface area contributed by atoms with Gasteiger partial charge in [-0.25, -0.2) is 0 Å². The second-order valence-corrected chi connectivity index (χ2v) is 10.2. The summed E-state index contributed by atoms with van der Waals surface area (Å²) in [5, 5.41) is 7.13. The van der Waals surface area contributed by atoms with Crippen LogP contribution in [-0.4, -0.2) is 69.4 Å². The molecule has 2 aliphatic rings. The quantitative estimate of drug-likeness (QED) is 0.516. The summed E-state index contributed by atoms with van der Waals surface area (Å²) in [6.07, 6.45) is 6.76. The van der Waals surface area contributed by atoms with Gasteiger partial charge in [-0.15, -0.1) is 11.8 Å². The van der Waals surface area contributed by atoms with Crippen LogP contribution in [0.25, 0.3) is 0 Å². The SMILES string of the molecule is O=C(CSc1ccccc1)Nc1cnn(CC(=O)N2CCN(C3CCc4ccccc4C3)CC2)c1. The smallest absolute Gasteiger partial charge is 0.244 e. The lowest BCUT2D eigenvalue weighted by Gasteiger charge is -2.41. The summed E-state index contributed by atoms with van der Waals surface area (Å²) in [6.45, 7) is 3.51. The van der Waals surface area contributed by atoms with Gasteiger partial charge in [0, 0.05) is 43.3 Å². The summed E-state index contributed by atoms with van der Waals surface area (Å²) in [7, 11) is 0. The van der Waals surface area contributed by atoms with Crippen LogP contribution in [0, 0.1) is 0 Å². The summed E-state index contributed by atoms with van der Waals surface area (Å²) >= 11 is 1.49. The fraction of sp³-hybridized carbons (Fsp3) is 0.370. The molecule has 1 aliphatic heterocycles. The number of amides is 2. The molecule has 1 aromatic heterocycles. The van der Waals surface area contributed by atoms with Crippen molar-refractivity contribution in [2.45, 2.75) is 36.7 Å². The van der Waals surface area contributed by atoms with E-state index in [0.29, 0.717) is 17.5 Å². The maximum absolute atomic E-state index is 12.9. The summed E-state index contributed by atoms with van der Waals surface area (Å²) in [5.74, 6) is 0.302. The van der Waals surface area contributed by atoms with Crippen LogP contribution in [0.3, 0.4) is 0 Å². The van der Waals surface area contributed by atoms with Crippen molar-refractivity contribution in [1.82, 2.24) is 19.6 Å². The maximum Gasteiger partial charge on any atom is 0.244 e. The van der Waals surface area contributed by atoms with Crippen molar-refractivity contribution in [3.8, 4) is 0 Å². The van der Waals surface area contributed by atoms with E-state index in [4.69, 9.17) is 0 Å². The van der Waals surface area contributed by atoms with Gasteiger partial charge in [0.2, 0.25) is 11.8 Å². The molecule has 3 aromatic rings. The molecule has 1 atom stereocenters. The Morgan fingerprint density at radius 1 is 0.971 bits per heavy atom. The van der Waals surface area contributed by atoms with E-state index in [-0.39, 0.29) is 18.4 Å². The predicted octanol–water partition coefficient (Wildman–Crippen LogP) is 3.32. The van der Waals surface area contributed by atoms with E-state index in [0.717, 1.165) is 43.9 Å². The van der Waals surface area contributed by atoms with Crippen LogP contribution < -0.4 is 5.32 Å². The third-order valence-electron chi connectivity index (χ3n) is 6.83. The lowest BCUT2D eigenvalue weighted by atomic mass is 9.87. The van der Waals surface area contributed by atoms with Crippen molar-refractivity contribution in [1.29, 1.82) is 0 Å². The minimum Gasteiger partial charge on any atom is -0.339 e. The molecule has 182 valence electrons. The van der Waals surface area contributed by atoms with Gasteiger partial charge in [0.1, 0.15) is 6.54 Å². The van der Waals surface area contributed by atoms with E-state index >= 15 is 0 Å². The number of aryl methyl sites for hydroxylation is 1. The molecule has 0 saturated carbocycles. The molecule has 1 aliphatic carbocycles. The van der Waals surface area contributed by atoms with Gasteiger partial charge >= 0.3 is 0 Å². The Kier molecular flexibility index (Phi) is 7.49. The Hall–Kier alpha value is -3.10. The molecule has 0 radical (unpaired) electrons. The van der Waals surface area contributed by atoms with Gasteiger partial charge in [0.15, 0.2) is 0 Å². The van der Waals surface area contributed by atoms with Crippen molar-refractivity contribution in [2.24, 2.45) is 0 Å². The molecule has 8 heteroatoms. The highest BCUT2D eigenvalue weighted by molar-refractivity contribution is 8.00. The fourth-order valence-corrected chi connectivity index (χ4v) is 5.66. The number of nitrogens with one attached hydrogen (secondary N) is 1. The standard InChI is InChI=1S/C27H31N5O2S/c33-26(20-35-25-8-2-1-3-9-25)29-23-17-28-32(18-23)19-27(34)31-14-12-30(13-15-31)24-11-10-21-6-4-5-7-22(21)16-24/h1-9,17-18,24H,10-16,19-20H2,(H,29,33). The number of carbonyl (C=O) groups excluding carboxylic acids is 2. The van der Waals surface area contributed by atoms with Crippen molar-refractivity contribution in [3.63, 3.8) is 0 Å². The molecule has 1 N–H and O–H groups in total. The van der Waals surface area contributed by atoms with E-state index in [1.165, 1.54) is 29.3 Å². The number of aromatic nitrogens is 2. The van der Waals surface area contributed by atoms with Crippen LogP contribution in [0.1, 0.15) is 17.5 Å². The zero-order valence-corrected chi connectivity index (χ0v) is 20.6. The fourth-order valence-electron chi connectivity index (χ4n) is 4.94. The lowest BCUT2D eigenvalue weighted by Crippen LogP contribution is -2.53. The van der Waals surface area contributed by atoms with Crippen LogP contribution in [0.2, 0.25) is 0 Å². The number of nitrogens with zero attached hydrogens (tertiary/aromatic N) is 4. The monoisotopic (exact) mass is 489 g/mol. The molecule has 1 saturated heterocycles. The topological polar surface area (TPSA) is 70.5 Å². The third kappa shape index (κ3) is 6.13. The minimum absolute atomic E-state index is 0.0687. The molecule has 2 heterocycles. The number of rotatable bonds is 7. The Morgan fingerprint density at radius 3 is 2.51 bits per heavy atom. The Bertz CT molecular complexity index is 1160. The van der Waals surface area contributed by atoms with Crippen molar-refractivity contribution < 1.29 is 9.59 Å². The third-order valence-corrected chi connectivity index (χ3v) is 7.84. The molecule has 1 fully saturated rings. The summed E-state index contributed by atoms with van der Waals surface area (Å²) in [6, 6.07) is 19.2. The minimum atomic E-state index is -0.0915. The van der Waals surface area contributed by atoms with Crippen LogP contribution in [0.4, 0.5) is 5.69 Å². The number of benzene rings is 2. The molecule has 7 nitrogen and oxygen atoms in total. The average Bonchev–Trinajstić information content (AvgIpc) is 3.34. The first kappa shape index (κ1) is 23.6. The van der Waals surface area contributed by atoms with E-state index in [1.807, 2.05) is 35.2 Å². The predicted molar refractivity (Wildman–Crippen MR) is 138 cm³/mol. The summed E-state index contributed by atoms with van der Waals surface area (Å²) in [5.41, 5.74) is 3.57. The van der Waals surface area contributed by atoms with Gasteiger partial charge in [-0.05, 0) is 42.5 Å². The van der Waals surface area contributed by atoms with Gasteiger partial charge in [-0.3, -0.25) is 19.2 Å². The van der Waals surface area contributed by atoms with E-state index in [2.05, 4.69) is 39.6 Å². The Balaban J connectivity index is 1.06. The second-order valence-electron chi connectivity index (χ2n) is 9.16. The first-order valence-electron chi connectivity index (χ1n) is 12.2.